The zero-order valence-electron chi connectivity index (χ0n) is 20.9. The number of ether oxygens (including phenoxy) is 1. The summed E-state index contributed by atoms with van der Waals surface area (Å²) in [6, 6.07) is 15.6. The fourth-order valence-corrected chi connectivity index (χ4v) is 5.02. The average molecular weight is 490 g/mol. The molecule has 2 heterocycles. The van der Waals surface area contributed by atoms with Gasteiger partial charge in [0.25, 0.3) is 0 Å². The van der Waals surface area contributed by atoms with Gasteiger partial charge in [-0.25, -0.2) is 0 Å². The van der Waals surface area contributed by atoms with Crippen LogP contribution in [0.5, 0.6) is 0 Å². The van der Waals surface area contributed by atoms with Gasteiger partial charge in [-0.2, -0.15) is 0 Å². The minimum Gasteiger partial charge on any atom is -0.394 e. The number of carbonyl (C=O) groups excluding carboxylic acids is 2. The van der Waals surface area contributed by atoms with Crippen molar-refractivity contribution in [3.8, 4) is 0 Å². The van der Waals surface area contributed by atoms with E-state index in [1.807, 2.05) is 66.9 Å². The number of aromatic amines is 1. The molecule has 2 amide bonds. The molecule has 1 fully saturated rings. The molecule has 2 aromatic carbocycles. The quantitative estimate of drug-likeness (QED) is 0.363. The van der Waals surface area contributed by atoms with Crippen molar-refractivity contribution in [1.82, 2.24) is 9.88 Å². The molecule has 36 heavy (non-hydrogen) atoms. The second-order valence-electron chi connectivity index (χ2n) is 9.42. The van der Waals surface area contributed by atoms with E-state index in [1.165, 1.54) is 0 Å². The molecule has 1 saturated heterocycles. The predicted octanol–water partition coefficient (Wildman–Crippen LogP) is 4.60. The van der Waals surface area contributed by atoms with Crippen LogP contribution in [0.15, 0.2) is 66.9 Å². The number of anilines is 1. The van der Waals surface area contributed by atoms with E-state index < -0.39 is 0 Å². The van der Waals surface area contributed by atoms with E-state index in [2.05, 4.69) is 17.2 Å². The van der Waals surface area contributed by atoms with Gasteiger partial charge < -0.3 is 25.0 Å². The topological polar surface area (TPSA) is 94.7 Å². The minimum absolute atomic E-state index is 0.0249. The number of methoxy groups -OCH3 is 1. The maximum Gasteiger partial charge on any atom is 0.228 e. The number of amides is 2. The number of nitrogens with one attached hydrogen (secondary N) is 2. The van der Waals surface area contributed by atoms with E-state index in [1.54, 1.807) is 12.0 Å². The van der Waals surface area contributed by atoms with E-state index in [0.717, 1.165) is 47.1 Å². The molecule has 7 heteroatoms. The lowest BCUT2D eigenvalue weighted by Crippen LogP contribution is -2.37. The number of rotatable bonds is 10. The number of aliphatic hydroxyl groups is 1. The fourth-order valence-electron chi connectivity index (χ4n) is 5.02. The van der Waals surface area contributed by atoms with Gasteiger partial charge in [-0.3, -0.25) is 9.59 Å². The molecule has 0 aliphatic carbocycles. The number of nitrogens with zero attached hydrogens (tertiary/aromatic N) is 1. The first-order valence-corrected chi connectivity index (χ1v) is 12.5. The Morgan fingerprint density at radius 3 is 2.75 bits per heavy atom. The number of likely N-dealkylation sites (tertiary alicyclic amines) is 1. The molecule has 3 atom stereocenters. The molecule has 0 bridgehead atoms. The molecule has 1 aliphatic rings. The third-order valence-electron chi connectivity index (χ3n) is 6.92. The first kappa shape index (κ1) is 25.7. The van der Waals surface area contributed by atoms with Gasteiger partial charge >= 0.3 is 0 Å². The zero-order chi connectivity index (χ0) is 25.5. The van der Waals surface area contributed by atoms with Crippen LogP contribution >= 0.6 is 0 Å². The van der Waals surface area contributed by atoms with Crippen molar-refractivity contribution in [2.75, 3.05) is 25.6 Å². The van der Waals surface area contributed by atoms with Crippen molar-refractivity contribution >= 4 is 28.4 Å². The number of hydrogen-bond donors (Lipinski definition) is 3. The summed E-state index contributed by atoms with van der Waals surface area (Å²) < 4.78 is 5.75. The molecule has 3 N–H and O–H groups in total. The van der Waals surface area contributed by atoms with Crippen LogP contribution < -0.4 is 5.32 Å². The number of hydrogen-bond acceptors (Lipinski definition) is 4. The Labute approximate surface area is 212 Å². The Balaban J connectivity index is 1.31. The predicted molar refractivity (Wildman–Crippen MR) is 142 cm³/mol. The zero-order valence-corrected chi connectivity index (χ0v) is 20.9. The highest BCUT2D eigenvalue weighted by atomic mass is 16.5. The van der Waals surface area contributed by atoms with Crippen LogP contribution in [0.4, 0.5) is 5.69 Å². The fraction of sp³-hybridized carbons (Fsp3) is 0.379. The molecule has 1 aliphatic heterocycles. The van der Waals surface area contributed by atoms with Crippen LogP contribution in [0.2, 0.25) is 0 Å². The van der Waals surface area contributed by atoms with Crippen molar-refractivity contribution in [1.29, 1.82) is 0 Å². The number of aromatic nitrogens is 1. The maximum absolute atomic E-state index is 12.6. The minimum atomic E-state index is -0.177. The normalized spacial score (nSPS) is 17.5. The van der Waals surface area contributed by atoms with Gasteiger partial charge in [0.1, 0.15) is 0 Å². The first-order valence-electron chi connectivity index (χ1n) is 12.5. The molecule has 1 aromatic heterocycles. The van der Waals surface area contributed by atoms with Gasteiger partial charge in [0.15, 0.2) is 0 Å². The summed E-state index contributed by atoms with van der Waals surface area (Å²) in [6.45, 7) is 2.80. The summed E-state index contributed by atoms with van der Waals surface area (Å²) >= 11 is 0. The number of aliphatic hydroxyl groups excluding tert-OH is 1. The standard InChI is InChI=1S/C29H35N3O4/c1-20(7-5-11-28(35)32-16-6-8-24(32)19-33)29(36-2)21-12-14-23(15-13-21)31-27(34)17-22-18-30-26-10-4-3-9-25(22)26/h3-5,7,9-10,12-15,18,20,24,29-30,33H,6,8,11,16-17,19H2,1-2H3,(H,31,34)/b7-5+/t20-,24+,29+/m1/s1. The van der Waals surface area contributed by atoms with Gasteiger partial charge in [0, 0.05) is 48.8 Å². The lowest BCUT2D eigenvalue weighted by molar-refractivity contribution is -0.131. The number of H-pyrrole nitrogens is 1. The van der Waals surface area contributed by atoms with Crippen LogP contribution in [0.3, 0.4) is 0 Å². The molecule has 3 aromatic rings. The van der Waals surface area contributed by atoms with Gasteiger partial charge in [-0.1, -0.05) is 49.4 Å². The van der Waals surface area contributed by atoms with Crippen molar-refractivity contribution in [3.05, 3.63) is 78.0 Å². The highest BCUT2D eigenvalue weighted by Crippen LogP contribution is 2.28. The number of fused-ring (bicyclic) bond motifs is 1. The Bertz CT molecular complexity index is 1200. The van der Waals surface area contributed by atoms with E-state index in [0.29, 0.717) is 12.8 Å². The summed E-state index contributed by atoms with van der Waals surface area (Å²) in [7, 11) is 1.67. The highest BCUT2D eigenvalue weighted by Gasteiger charge is 2.27. The molecular weight excluding hydrogens is 454 g/mol. The Morgan fingerprint density at radius 2 is 2.00 bits per heavy atom. The van der Waals surface area contributed by atoms with Gasteiger partial charge in [-0.05, 0) is 42.2 Å². The Morgan fingerprint density at radius 1 is 1.22 bits per heavy atom. The van der Waals surface area contributed by atoms with E-state index in [9.17, 15) is 14.7 Å². The molecule has 0 radical (unpaired) electrons. The van der Waals surface area contributed by atoms with Crippen LogP contribution in [-0.2, 0) is 20.7 Å². The van der Waals surface area contributed by atoms with Gasteiger partial charge in [-0.15, -0.1) is 0 Å². The van der Waals surface area contributed by atoms with Crippen molar-refractivity contribution < 1.29 is 19.4 Å². The molecular formula is C29H35N3O4. The molecule has 190 valence electrons. The summed E-state index contributed by atoms with van der Waals surface area (Å²) in [5, 5.41) is 13.5. The first-order chi connectivity index (χ1) is 17.5. The monoisotopic (exact) mass is 489 g/mol. The molecule has 0 spiro atoms. The summed E-state index contributed by atoms with van der Waals surface area (Å²) in [4.78, 5) is 30.1. The van der Waals surface area contributed by atoms with Crippen molar-refractivity contribution in [2.45, 2.75) is 44.8 Å². The van der Waals surface area contributed by atoms with Crippen LogP contribution in [0.1, 0.15) is 43.4 Å². The SMILES string of the molecule is CO[C@H](c1ccc(NC(=O)Cc2c[nH]c3ccccc23)cc1)[C@H](C)/C=C/CC(=O)N1CCC[C@H]1CO. The molecule has 7 nitrogen and oxygen atoms in total. The highest BCUT2D eigenvalue weighted by molar-refractivity contribution is 5.95. The summed E-state index contributed by atoms with van der Waals surface area (Å²) in [5.41, 5.74) is 3.72. The second-order valence-corrected chi connectivity index (χ2v) is 9.42. The third-order valence-corrected chi connectivity index (χ3v) is 6.92. The Kier molecular flexibility index (Phi) is 8.57. The average Bonchev–Trinajstić information content (AvgIpc) is 3.53. The van der Waals surface area contributed by atoms with E-state index >= 15 is 0 Å². The van der Waals surface area contributed by atoms with Crippen LogP contribution in [-0.4, -0.2) is 53.1 Å². The number of carbonyl (C=O) groups is 2. The maximum atomic E-state index is 12.6. The molecule has 0 unspecified atom stereocenters. The van der Waals surface area contributed by atoms with Crippen LogP contribution in [0, 0.1) is 5.92 Å². The summed E-state index contributed by atoms with van der Waals surface area (Å²) in [5.74, 6) is 0.0345. The molecule has 0 saturated carbocycles. The van der Waals surface area contributed by atoms with Gasteiger partial charge in [0.2, 0.25) is 11.8 Å². The van der Waals surface area contributed by atoms with Gasteiger partial charge in [0.05, 0.1) is 25.2 Å². The van der Waals surface area contributed by atoms with Crippen molar-refractivity contribution in [3.63, 3.8) is 0 Å². The second kappa shape index (κ2) is 12.0. The third kappa shape index (κ3) is 6.04. The smallest absolute Gasteiger partial charge is 0.228 e. The Hall–Kier alpha value is -3.42. The van der Waals surface area contributed by atoms with Crippen LogP contribution in [0.25, 0.3) is 10.9 Å². The van der Waals surface area contributed by atoms with E-state index in [-0.39, 0.29) is 36.5 Å². The largest absolute Gasteiger partial charge is 0.394 e. The number of benzene rings is 2. The number of para-hydroxylation sites is 1. The van der Waals surface area contributed by atoms with E-state index in [4.69, 9.17) is 4.74 Å². The van der Waals surface area contributed by atoms with Crippen molar-refractivity contribution in [2.24, 2.45) is 5.92 Å². The molecule has 4 rings (SSSR count). The lowest BCUT2D eigenvalue weighted by atomic mass is 9.96. The summed E-state index contributed by atoms with van der Waals surface area (Å²) in [6.07, 6.45) is 8.04. The lowest BCUT2D eigenvalue weighted by Gasteiger charge is -2.23.